The summed E-state index contributed by atoms with van der Waals surface area (Å²) in [6.07, 6.45) is 0. The lowest BCUT2D eigenvalue weighted by molar-refractivity contribution is 0.415. The molecule has 4 aromatic rings. The van der Waals surface area contributed by atoms with Crippen LogP contribution in [0.1, 0.15) is 0 Å². The summed E-state index contributed by atoms with van der Waals surface area (Å²) in [4.78, 5) is 3.23. The van der Waals surface area contributed by atoms with Crippen LogP contribution in [0.5, 0.6) is 11.5 Å². The van der Waals surface area contributed by atoms with Crippen molar-refractivity contribution in [3.05, 3.63) is 72.5 Å². The van der Waals surface area contributed by atoms with Crippen molar-refractivity contribution in [1.82, 2.24) is 4.98 Å². The van der Waals surface area contributed by atoms with Crippen LogP contribution in [0.4, 0.5) is 4.39 Å². The van der Waals surface area contributed by atoms with E-state index in [1.54, 1.807) is 19.2 Å². The van der Waals surface area contributed by atoms with Gasteiger partial charge in [-0.2, -0.15) is 0 Å². The number of H-pyrrole nitrogens is 1. The molecule has 3 aromatic carbocycles. The highest BCUT2D eigenvalue weighted by Crippen LogP contribution is 2.35. The van der Waals surface area contributed by atoms with Crippen LogP contribution in [0, 0.1) is 5.82 Å². The average Bonchev–Trinajstić information content (AvgIpc) is 3.05. The first-order valence-corrected chi connectivity index (χ1v) is 7.90. The van der Waals surface area contributed by atoms with E-state index in [-0.39, 0.29) is 11.6 Å². The summed E-state index contributed by atoms with van der Waals surface area (Å²) in [7, 11) is 1.63. The highest BCUT2D eigenvalue weighted by atomic mass is 19.1. The summed E-state index contributed by atoms with van der Waals surface area (Å²) < 4.78 is 18.6. The molecule has 3 nitrogen and oxygen atoms in total. The third kappa shape index (κ3) is 2.83. The molecular weight excluding hydrogens is 317 g/mol. The van der Waals surface area contributed by atoms with Gasteiger partial charge in [0.15, 0.2) is 0 Å². The van der Waals surface area contributed by atoms with Gasteiger partial charge in [-0.05, 0) is 59.7 Å². The van der Waals surface area contributed by atoms with Gasteiger partial charge >= 0.3 is 0 Å². The number of hydrogen-bond donors (Lipinski definition) is 2. The highest BCUT2D eigenvalue weighted by Gasteiger charge is 2.10. The molecule has 25 heavy (non-hydrogen) atoms. The number of fused-ring (bicyclic) bond motifs is 1. The maximum Gasteiger partial charge on any atom is 0.124 e. The Hall–Kier alpha value is -3.27. The lowest BCUT2D eigenvalue weighted by atomic mass is 10.0. The second-order valence-electron chi connectivity index (χ2n) is 5.88. The lowest BCUT2D eigenvalue weighted by Gasteiger charge is -2.08. The van der Waals surface area contributed by atoms with E-state index in [0.717, 1.165) is 33.5 Å². The zero-order valence-electron chi connectivity index (χ0n) is 13.6. The average molecular weight is 333 g/mol. The minimum absolute atomic E-state index is 0.171. The number of phenols is 1. The molecule has 124 valence electrons. The molecule has 4 rings (SSSR count). The van der Waals surface area contributed by atoms with E-state index < -0.39 is 0 Å². The van der Waals surface area contributed by atoms with Crippen molar-refractivity contribution in [3.8, 4) is 33.9 Å². The molecular formula is C21H16FNO2. The fourth-order valence-corrected chi connectivity index (χ4v) is 2.96. The monoisotopic (exact) mass is 333 g/mol. The van der Waals surface area contributed by atoms with E-state index in [4.69, 9.17) is 4.74 Å². The number of rotatable bonds is 3. The summed E-state index contributed by atoms with van der Waals surface area (Å²) in [5.74, 6) is 0.680. The summed E-state index contributed by atoms with van der Waals surface area (Å²) in [6, 6.07) is 19.6. The van der Waals surface area contributed by atoms with E-state index in [1.165, 1.54) is 12.1 Å². The van der Waals surface area contributed by atoms with Crippen LogP contribution in [0.15, 0.2) is 66.7 Å². The van der Waals surface area contributed by atoms with Gasteiger partial charge in [-0.1, -0.05) is 18.2 Å². The first-order valence-electron chi connectivity index (χ1n) is 7.90. The number of phenolic OH excluding ortho intramolecular Hbond substituents is 1. The highest BCUT2D eigenvalue weighted by molar-refractivity contribution is 5.88. The number of aromatic amines is 1. The van der Waals surface area contributed by atoms with Crippen LogP contribution < -0.4 is 4.74 Å². The number of benzene rings is 3. The summed E-state index contributed by atoms with van der Waals surface area (Å²) in [6.45, 7) is 0. The summed E-state index contributed by atoms with van der Waals surface area (Å²) in [5, 5.41) is 11.1. The zero-order chi connectivity index (χ0) is 17.4. The molecule has 0 radical (unpaired) electrons. The van der Waals surface area contributed by atoms with Crippen molar-refractivity contribution in [2.24, 2.45) is 0 Å². The van der Waals surface area contributed by atoms with Crippen molar-refractivity contribution in [2.75, 3.05) is 7.11 Å². The number of aromatic nitrogens is 1. The number of hydrogen-bond acceptors (Lipinski definition) is 2. The van der Waals surface area contributed by atoms with Crippen molar-refractivity contribution < 1.29 is 14.2 Å². The van der Waals surface area contributed by atoms with E-state index in [0.29, 0.717) is 5.56 Å². The molecule has 0 aliphatic rings. The van der Waals surface area contributed by atoms with E-state index in [2.05, 4.69) is 4.98 Å². The van der Waals surface area contributed by atoms with E-state index in [9.17, 15) is 9.50 Å². The maximum atomic E-state index is 13.4. The molecule has 0 amide bonds. The Kier molecular flexibility index (Phi) is 3.65. The molecule has 4 heteroatoms. The van der Waals surface area contributed by atoms with Crippen LogP contribution in [0.25, 0.3) is 33.3 Å². The summed E-state index contributed by atoms with van der Waals surface area (Å²) >= 11 is 0. The molecule has 1 aromatic heterocycles. The van der Waals surface area contributed by atoms with E-state index in [1.807, 2.05) is 42.5 Å². The SMILES string of the molecule is COc1ccc(-c2ccc(O)c(-c3cc4cc(F)ccc4[nH]3)c2)cc1. The fourth-order valence-electron chi connectivity index (χ4n) is 2.96. The van der Waals surface area contributed by atoms with Gasteiger partial charge in [-0.15, -0.1) is 0 Å². The zero-order valence-corrected chi connectivity index (χ0v) is 13.6. The number of nitrogens with one attached hydrogen (secondary N) is 1. The van der Waals surface area contributed by atoms with Gasteiger partial charge in [0.05, 0.1) is 12.8 Å². The predicted molar refractivity (Wildman–Crippen MR) is 97.3 cm³/mol. The molecule has 0 bridgehead atoms. The van der Waals surface area contributed by atoms with Gasteiger partial charge in [0.1, 0.15) is 17.3 Å². The first kappa shape index (κ1) is 15.3. The van der Waals surface area contributed by atoms with Crippen LogP contribution >= 0.6 is 0 Å². The molecule has 0 atom stereocenters. The van der Waals surface area contributed by atoms with Crippen LogP contribution in [-0.2, 0) is 0 Å². The largest absolute Gasteiger partial charge is 0.507 e. The predicted octanol–water partition coefficient (Wildman–Crippen LogP) is 5.36. The third-order valence-corrected chi connectivity index (χ3v) is 4.29. The number of ether oxygens (including phenoxy) is 1. The molecule has 0 saturated carbocycles. The standard InChI is InChI=1S/C21H16FNO2/c1-25-17-6-2-13(3-7-17)14-4-9-21(24)18(11-14)20-12-15-10-16(22)5-8-19(15)23-20/h2-12,23-24H,1H3. The van der Waals surface area contributed by atoms with Gasteiger partial charge in [0, 0.05) is 16.5 Å². The number of halogens is 1. The van der Waals surface area contributed by atoms with Crippen molar-refractivity contribution in [2.45, 2.75) is 0 Å². The third-order valence-electron chi connectivity index (χ3n) is 4.29. The minimum atomic E-state index is -0.283. The molecule has 0 unspecified atom stereocenters. The molecule has 1 heterocycles. The minimum Gasteiger partial charge on any atom is -0.507 e. The van der Waals surface area contributed by atoms with E-state index >= 15 is 0 Å². The second kappa shape index (κ2) is 5.98. The van der Waals surface area contributed by atoms with Crippen molar-refractivity contribution in [3.63, 3.8) is 0 Å². The Morgan fingerprint density at radius 1 is 0.880 bits per heavy atom. The smallest absolute Gasteiger partial charge is 0.124 e. The fraction of sp³-hybridized carbons (Fsp3) is 0.0476. The summed E-state index contributed by atoms with van der Waals surface area (Å²) in [5.41, 5.74) is 4.23. The normalized spacial score (nSPS) is 11.0. The topological polar surface area (TPSA) is 45.2 Å². The van der Waals surface area contributed by atoms with Crippen LogP contribution in [0.3, 0.4) is 0 Å². The molecule has 0 aliphatic carbocycles. The molecule has 0 aliphatic heterocycles. The maximum absolute atomic E-state index is 13.4. The Bertz CT molecular complexity index is 1050. The Morgan fingerprint density at radius 2 is 1.64 bits per heavy atom. The lowest BCUT2D eigenvalue weighted by Crippen LogP contribution is -1.85. The van der Waals surface area contributed by atoms with Crippen LogP contribution in [0.2, 0.25) is 0 Å². The Balaban J connectivity index is 1.80. The van der Waals surface area contributed by atoms with Gasteiger partial charge in [-0.25, -0.2) is 4.39 Å². The van der Waals surface area contributed by atoms with Gasteiger partial charge in [-0.3, -0.25) is 0 Å². The van der Waals surface area contributed by atoms with Gasteiger partial charge in [0.25, 0.3) is 0 Å². The Labute approximate surface area is 144 Å². The molecule has 0 saturated heterocycles. The van der Waals surface area contributed by atoms with Crippen molar-refractivity contribution in [1.29, 1.82) is 0 Å². The van der Waals surface area contributed by atoms with Crippen molar-refractivity contribution >= 4 is 10.9 Å². The van der Waals surface area contributed by atoms with Gasteiger partial charge in [0.2, 0.25) is 0 Å². The number of methoxy groups -OCH3 is 1. The Morgan fingerprint density at radius 3 is 2.40 bits per heavy atom. The molecule has 0 fully saturated rings. The first-order chi connectivity index (χ1) is 12.1. The molecule has 0 spiro atoms. The quantitative estimate of drug-likeness (QED) is 0.530. The van der Waals surface area contributed by atoms with Gasteiger partial charge < -0.3 is 14.8 Å². The number of aromatic hydroxyl groups is 1. The molecule has 2 N–H and O–H groups in total. The second-order valence-corrected chi connectivity index (χ2v) is 5.88. The van der Waals surface area contributed by atoms with Crippen LogP contribution in [-0.4, -0.2) is 17.2 Å².